The number of rotatable bonds is 1. The van der Waals surface area contributed by atoms with Gasteiger partial charge in [-0.15, -0.1) is 0 Å². The normalized spacial score (nSPS) is 52.8. The summed E-state index contributed by atoms with van der Waals surface area (Å²) in [4.78, 5) is 0. The van der Waals surface area contributed by atoms with Gasteiger partial charge in [0.1, 0.15) is 0 Å². The fourth-order valence-corrected chi connectivity index (χ4v) is 2.93. The van der Waals surface area contributed by atoms with Crippen molar-refractivity contribution in [1.29, 1.82) is 0 Å². The van der Waals surface area contributed by atoms with E-state index in [9.17, 15) is 0 Å². The highest BCUT2D eigenvalue weighted by atomic mass is 16.5. The van der Waals surface area contributed by atoms with E-state index in [1.165, 1.54) is 12.8 Å². The van der Waals surface area contributed by atoms with Crippen molar-refractivity contribution in [1.82, 2.24) is 0 Å². The van der Waals surface area contributed by atoms with Crippen LogP contribution < -0.4 is 5.73 Å². The van der Waals surface area contributed by atoms with Gasteiger partial charge in [-0.1, -0.05) is 13.8 Å². The molecule has 0 aromatic carbocycles. The van der Waals surface area contributed by atoms with Crippen LogP contribution in [0.1, 0.15) is 26.7 Å². The Morgan fingerprint density at radius 2 is 2.25 bits per heavy atom. The number of ether oxygens (including phenoxy) is 1. The minimum Gasteiger partial charge on any atom is -0.381 e. The summed E-state index contributed by atoms with van der Waals surface area (Å²) >= 11 is 0. The molecule has 2 rings (SSSR count). The van der Waals surface area contributed by atoms with Gasteiger partial charge in [-0.05, 0) is 36.1 Å². The molecule has 1 unspecified atom stereocenters. The zero-order valence-electron chi connectivity index (χ0n) is 8.10. The van der Waals surface area contributed by atoms with Crippen LogP contribution in [0.2, 0.25) is 0 Å². The molecule has 1 saturated heterocycles. The Bertz CT molecular complexity index is 190. The monoisotopic (exact) mass is 169 g/mol. The molecule has 2 fully saturated rings. The van der Waals surface area contributed by atoms with Gasteiger partial charge in [0.2, 0.25) is 0 Å². The van der Waals surface area contributed by atoms with Gasteiger partial charge in [0.05, 0.1) is 6.61 Å². The van der Waals surface area contributed by atoms with Gasteiger partial charge in [0, 0.05) is 6.61 Å². The highest BCUT2D eigenvalue weighted by molar-refractivity contribution is 5.05. The van der Waals surface area contributed by atoms with Gasteiger partial charge in [-0.2, -0.15) is 0 Å². The summed E-state index contributed by atoms with van der Waals surface area (Å²) in [6.45, 7) is 7.34. The molecule has 0 radical (unpaired) electrons. The third-order valence-corrected chi connectivity index (χ3v) is 4.49. The summed E-state index contributed by atoms with van der Waals surface area (Å²) < 4.78 is 5.60. The molecule has 2 bridgehead atoms. The zero-order chi connectivity index (χ0) is 8.82. The van der Waals surface area contributed by atoms with Crippen molar-refractivity contribution in [3.05, 3.63) is 0 Å². The summed E-state index contributed by atoms with van der Waals surface area (Å²) in [6, 6.07) is 0. The van der Waals surface area contributed by atoms with Crippen molar-refractivity contribution in [2.45, 2.75) is 26.7 Å². The first kappa shape index (κ1) is 8.52. The lowest BCUT2D eigenvalue weighted by molar-refractivity contribution is -0.0919. The second-order valence-corrected chi connectivity index (χ2v) is 4.93. The number of fused-ring (bicyclic) bond motifs is 2. The van der Waals surface area contributed by atoms with E-state index in [2.05, 4.69) is 13.8 Å². The second-order valence-electron chi connectivity index (χ2n) is 4.93. The Balaban J connectivity index is 2.32. The Labute approximate surface area is 74.5 Å². The van der Waals surface area contributed by atoms with E-state index in [0.29, 0.717) is 16.7 Å². The van der Waals surface area contributed by atoms with E-state index in [4.69, 9.17) is 10.5 Å². The van der Waals surface area contributed by atoms with Gasteiger partial charge in [-0.25, -0.2) is 0 Å². The lowest BCUT2D eigenvalue weighted by Crippen LogP contribution is -2.50. The third-order valence-electron chi connectivity index (χ3n) is 4.49. The van der Waals surface area contributed by atoms with Gasteiger partial charge in [0.25, 0.3) is 0 Å². The van der Waals surface area contributed by atoms with Gasteiger partial charge >= 0.3 is 0 Å². The number of hydrogen-bond donors (Lipinski definition) is 1. The quantitative estimate of drug-likeness (QED) is 0.644. The number of hydrogen-bond acceptors (Lipinski definition) is 2. The summed E-state index contributed by atoms with van der Waals surface area (Å²) in [5.74, 6) is 0.709. The maximum Gasteiger partial charge on any atom is 0.0525 e. The second kappa shape index (κ2) is 2.46. The van der Waals surface area contributed by atoms with Crippen molar-refractivity contribution in [3.63, 3.8) is 0 Å². The molecule has 2 aliphatic rings. The molecule has 0 aromatic rings. The van der Waals surface area contributed by atoms with Gasteiger partial charge < -0.3 is 10.5 Å². The molecule has 0 aromatic heterocycles. The third kappa shape index (κ3) is 0.826. The molecule has 1 aliphatic carbocycles. The minimum atomic E-state index is 0.339. The van der Waals surface area contributed by atoms with Crippen molar-refractivity contribution < 1.29 is 4.74 Å². The average Bonchev–Trinajstić information content (AvgIpc) is 2.27. The highest BCUT2D eigenvalue weighted by Crippen LogP contribution is 2.58. The SMILES string of the molecule is C[C@@]12CCC(COC1)[C@]2(C)CN. The summed E-state index contributed by atoms with van der Waals surface area (Å²) in [6.07, 6.45) is 2.61. The first-order valence-corrected chi connectivity index (χ1v) is 4.90. The van der Waals surface area contributed by atoms with Crippen LogP contribution in [-0.4, -0.2) is 19.8 Å². The topological polar surface area (TPSA) is 35.2 Å². The largest absolute Gasteiger partial charge is 0.381 e. The molecule has 2 nitrogen and oxygen atoms in total. The van der Waals surface area contributed by atoms with Crippen molar-refractivity contribution in [3.8, 4) is 0 Å². The number of nitrogens with two attached hydrogens (primary N) is 1. The Hall–Kier alpha value is -0.0800. The summed E-state index contributed by atoms with van der Waals surface area (Å²) in [5, 5.41) is 0. The van der Waals surface area contributed by atoms with E-state index in [0.717, 1.165) is 19.8 Å². The predicted octanol–water partition coefficient (Wildman–Crippen LogP) is 1.40. The molecule has 1 heterocycles. The Morgan fingerprint density at radius 1 is 1.50 bits per heavy atom. The molecule has 12 heavy (non-hydrogen) atoms. The maximum atomic E-state index is 5.89. The van der Waals surface area contributed by atoms with Gasteiger partial charge in [0.15, 0.2) is 0 Å². The lowest BCUT2D eigenvalue weighted by Gasteiger charge is -2.47. The summed E-state index contributed by atoms with van der Waals surface area (Å²) in [5.41, 5.74) is 6.58. The van der Waals surface area contributed by atoms with Crippen molar-refractivity contribution >= 4 is 0 Å². The zero-order valence-corrected chi connectivity index (χ0v) is 8.10. The standard InChI is InChI=1S/C10H19NO/c1-9-4-3-8(5-12-7-9)10(9,2)6-11/h8H,3-7,11H2,1-2H3/t8?,9-,10+/m1/s1. The van der Waals surface area contributed by atoms with E-state index in [-0.39, 0.29) is 0 Å². The maximum absolute atomic E-state index is 5.89. The Kier molecular flexibility index (Phi) is 1.74. The van der Waals surface area contributed by atoms with Gasteiger partial charge in [-0.3, -0.25) is 0 Å². The average molecular weight is 169 g/mol. The Morgan fingerprint density at radius 3 is 2.75 bits per heavy atom. The molecular formula is C10H19NO. The van der Waals surface area contributed by atoms with E-state index >= 15 is 0 Å². The van der Waals surface area contributed by atoms with Crippen molar-refractivity contribution in [2.24, 2.45) is 22.5 Å². The van der Waals surface area contributed by atoms with Crippen LogP contribution >= 0.6 is 0 Å². The van der Waals surface area contributed by atoms with Crippen LogP contribution in [0.5, 0.6) is 0 Å². The van der Waals surface area contributed by atoms with Crippen LogP contribution in [0.15, 0.2) is 0 Å². The van der Waals surface area contributed by atoms with Crippen LogP contribution in [-0.2, 0) is 4.74 Å². The molecule has 0 spiro atoms. The highest BCUT2D eigenvalue weighted by Gasteiger charge is 2.56. The fourth-order valence-electron chi connectivity index (χ4n) is 2.93. The molecule has 1 aliphatic heterocycles. The van der Waals surface area contributed by atoms with E-state index < -0.39 is 0 Å². The van der Waals surface area contributed by atoms with Crippen LogP contribution in [0.3, 0.4) is 0 Å². The molecule has 3 atom stereocenters. The molecular weight excluding hydrogens is 150 g/mol. The molecule has 0 amide bonds. The van der Waals surface area contributed by atoms with Crippen LogP contribution in [0.25, 0.3) is 0 Å². The molecule has 2 heteroatoms. The molecule has 2 N–H and O–H groups in total. The fraction of sp³-hybridized carbons (Fsp3) is 1.00. The van der Waals surface area contributed by atoms with Crippen molar-refractivity contribution in [2.75, 3.05) is 19.8 Å². The van der Waals surface area contributed by atoms with E-state index in [1.54, 1.807) is 0 Å². The van der Waals surface area contributed by atoms with Crippen LogP contribution in [0, 0.1) is 16.7 Å². The van der Waals surface area contributed by atoms with E-state index in [1.807, 2.05) is 0 Å². The lowest BCUT2D eigenvalue weighted by atomic mass is 9.64. The first-order chi connectivity index (χ1) is 5.62. The summed E-state index contributed by atoms with van der Waals surface area (Å²) in [7, 11) is 0. The molecule has 1 saturated carbocycles. The van der Waals surface area contributed by atoms with Crippen LogP contribution in [0.4, 0.5) is 0 Å². The first-order valence-electron chi connectivity index (χ1n) is 4.90. The molecule has 70 valence electrons. The minimum absolute atomic E-state index is 0.339. The predicted molar refractivity (Wildman–Crippen MR) is 48.8 cm³/mol. The smallest absolute Gasteiger partial charge is 0.0525 e.